The largest absolute Gasteiger partial charge is 0.495 e. The third-order valence-corrected chi connectivity index (χ3v) is 2.54. The number of aromatic nitrogens is 2. The van der Waals surface area contributed by atoms with Crippen molar-refractivity contribution >= 4 is 23.4 Å². The minimum Gasteiger partial charge on any atom is -0.495 e. The molecule has 1 amide bonds. The molecule has 7 heteroatoms. The Morgan fingerprint density at radius 2 is 1.86 bits per heavy atom. The molecule has 0 aliphatic rings. The number of anilines is 3. The molecule has 1 aromatic heterocycles. The number of ether oxygens (including phenoxy) is 2. The quantitative estimate of drug-likeness (QED) is 0.880. The zero-order valence-corrected chi connectivity index (χ0v) is 11.8. The molecule has 0 aliphatic carbocycles. The summed E-state index contributed by atoms with van der Waals surface area (Å²) in [5.41, 5.74) is 0.778. The summed E-state index contributed by atoms with van der Waals surface area (Å²) >= 11 is 0. The van der Waals surface area contributed by atoms with Gasteiger partial charge in [0.2, 0.25) is 0 Å². The minimum absolute atomic E-state index is 0.298. The van der Waals surface area contributed by atoms with Crippen LogP contribution in [0.1, 0.15) is 6.92 Å². The predicted molar refractivity (Wildman–Crippen MR) is 79.0 cm³/mol. The van der Waals surface area contributed by atoms with Crippen LogP contribution in [0.15, 0.2) is 36.4 Å². The summed E-state index contributed by atoms with van der Waals surface area (Å²) in [7, 11) is 1.60. The second-order valence-corrected chi connectivity index (χ2v) is 3.97. The highest BCUT2D eigenvalue weighted by Crippen LogP contribution is 2.25. The molecule has 0 saturated heterocycles. The lowest BCUT2D eigenvalue weighted by molar-refractivity contribution is 0.168. The third kappa shape index (κ3) is 4.07. The molecule has 0 saturated carbocycles. The van der Waals surface area contributed by atoms with Crippen molar-refractivity contribution in [2.24, 2.45) is 0 Å². The van der Waals surface area contributed by atoms with Crippen molar-refractivity contribution in [1.82, 2.24) is 10.2 Å². The first-order chi connectivity index (χ1) is 10.2. The Hall–Kier alpha value is -2.83. The van der Waals surface area contributed by atoms with Crippen LogP contribution >= 0.6 is 0 Å². The van der Waals surface area contributed by atoms with Gasteiger partial charge >= 0.3 is 6.09 Å². The topological polar surface area (TPSA) is 85.4 Å². The van der Waals surface area contributed by atoms with Gasteiger partial charge in [-0.2, -0.15) is 0 Å². The van der Waals surface area contributed by atoms with Gasteiger partial charge in [-0.25, -0.2) is 4.79 Å². The van der Waals surface area contributed by atoms with Gasteiger partial charge in [-0.15, -0.1) is 10.2 Å². The average molecular weight is 288 g/mol. The van der Waals surface area contributed by atoms with E-state index in [1.54, 1.807) is 26.2 Å². The Morgan fingerprint density at radius 3 is 2.52 bits per heavy atom. The summed E-state index contributed by atoms with van der Waals surface area (Å²) in [6, 6.07) is 10.8. The Morgan fingerprint density at radius 1 is 1.14 bits per heavy atom. The van der Waals surface area contributed by atoms with Crippen LogP contribution in [0.2, 0.25) is 0 Å². The van der Waals surface area contributed by atoms with E-state index in [-0.39, 0.29) is 0 Å². The summed E-state index contributed by atoms with van der Waals surface area (Å²) in [5, 5.41) is 13.4. The first-order valence-electron chi connectivity index (χ1n) is 6.40. The van der Waals surface area contributed by atoms with E-state index >= 15 is 0 Å². The fraction of sp³-hybridized carbons (Fsp3) is 0.214. The molecule has 0 unspecified atom stereocenters. The minimum atomic E-state index is -0.558. The zero-order chi connectivity index (χ0) is 15.1. The molecule has 2 aromatic rings. The fourth-order valence-electron chi connectivity index (χ4n) is 1.62. The number of amides is 1. The van der Waals surface area contributed by atoms with E-state index in [0.29, 0.717) is 24.0 Å². The van der Waals surface area contributed by atoms with E-state index in [1.807, 2.05) is 24.3 Å². The van der Waals surface area contributed by atoms with E-state index in [0.717, 1.165) is 5.69 Å². The highest BCUT2D eigenvalue weighted by molar-refractivity contribution is 5.83. The van der Waals surface area contributed by atoms with Crippen molar-refractivity contribution in [1.29, 1.82) is 0 Å². The molecule has 0 spiro atoms. The van der Waals surface area contributed by atoms with Gasteiger partial charge in [0.1, 0.15) is 5.75 Å². The number of nitrogens with zero attached hydrogens (tertiary/aromatic N) is 2. The molecule has 1 heterocycles. The normalized spacial score (nSPS) is 9.81. The Labute approximate surface area is 122 Å². The van der Waals surface area contributed by atoms with Crippen LogP contribution in [0.25, 0.3) is 0 Å². The molecule has 21 heavy (non-hydrogen) atoms. The SMILES string of the molecule is CCOC(=O)Nc1ccc(Nc2ccccc2OC)nn1. The van der Waals surface area contributed by atoms with Gasteiger partial charge in [0.15, 0.2) is 11.6 Å². The zero-order valence-electron chi connectivity index (χ0n) is 11.8. The van der Waals surface area contributed by atoms with Gasteiger partial charge in [0, 0.05) is 0 Å². The van der Waals surface area contributed by atoms with Crippen LogP contribution in [0.4, 0.5) is 22.1 Å². The van der Waals surface area contributed by atoms with Crippen molar-refractivity contribution in [2.45, 2.75) is 6.92 Å². The molecule has 0 bridgehead atoms. The molecule has 0 aliphatic heterocycles. The highest BCUT2D eigenvalue weighted by atomic mass is 16.5. The molecular formula is C14H16N4O3. The molecule has 1 aromatic carbocycles. The standard InChI is InChI=1S/C14H16N4O3/c1-3-21-14(19)16-13-9-8-12(17-18-13)15-10-6-4-5-7-11(10)20-2/h4-9H,3H2,1-2H3,(H,15,17)(H,16,18,19). The Kier molecular flexibility index (Phi) is 4.92. The number of nitrogens with one attached hydrogen (secondary N) is 2. The van der Waals surface area contributed by atoms with Crippen molar-refractivity contribution < 1.29 is 14.3 Å². The maximum atomic E-state index is 11.2. The van der Waals surface area contributed by atoms with Gasteiger partial charge in [-0.1, -0.05) is 12.1 Å². The molecule has 2 N–H and O–H groups in total. The number of hydrogen-bond donors (Lipinski definition) is 2. The van der Waals surface area contributed by atoms with Crippen LogP contribution in [-0.2, 0) is 4.74 Å². The van der Waals surface area contributed by atoms with E-state index in [2.05, 4.69) is 20.8 Å². The van der Waals surface area contributed by atoms with E-state index < -0.39 is 6.09 Å². The van der Waals surface area contributed by atoms with Crippen LogP contribution in [0, 0.1) is 0 Å². The number of methoxy groups -OCH3 is 1. The van der Waals surface area contributed by atoms with Gasteiger partial charge < -0.3 is 14.8 Å². The fourth-order valence-corrected chi connectivity index (χ4v) is 1.62. The Bertz CT molecular complexity index is 601. The van der Waals surface area contributed by atoms with E-state index in [1.165, 1.54) is 0 Å². The van der Waals surface area contributed by atoms with Crippen LogP contribution < -0.4 is 15.4 Å². The maximum absolute atomic E-state index is 11.2. The first kappa shape index (κ1) is 14.6. The smallest absolute Gasteiger partial charge is 0.412 e. The van der Waals surface area contributed by atoms with Gasteiger partial charge in [0.25, 0.3) is 0 Å². The third-order valence-electron chi connectivity index (χ3n) is 2.54. The Balaban J connectivity index is 2.04. The molecule has 2 rings (SSSR count). The molecule has 7 nitrogen and oxygen atoms in total. The number of para-hydroxylation sites is 2. The summed E-state index contributed by atoms with van der Waals surface area (Å²) in [5.74, 6) is 1.56. The summed E-state index contributed by atoms with van der Waals surface area (Å²) in [6.07, 6.45) is -0.558. The van der Waals surface area contributed by atoms with Crippen molar-refractivity contribution in [3.63, 3.8) is 0 Å². The van der Waals surface area contributed by atoms with Gasteiger partial charge in [-0.05, 0) is 31.2 Å². The second-order valence-electron chi connectivity index (χ2n) is 3.97. The maximum Gasteiger partial charge on any atom is 0.412 e. The molecular weight excluding hydrogens is 272 g/mol. The van der Waals surface area contributed by atoms with E-state index in [4.69, 9.17) is 9.47 Å². The van der Waals surface area contributed by atoms with Crippen molar-refractivity contribution in [3.8, 4) is 5.75 Å². The summed E-state index contributed by atoms with van der Waals surface area (Å²) in [6.45, 7) is 2.03. The predicted octanol–water partition coefficient (Wildman–Crippen LogP) is 2.80. The lowest BCUT2D eigenvalue weighted by Gasteiger charge is -2.10. The molecule has 0 radical (unpaired) electrons. The summed E-state index contributed by atoms with van der Waals surface area (Å²) in [4.78, 5) is 11.2. The second kappa shape index (κ2) is 7.09. The van der Waals surface area contributed by atoms with Crippen molar-refractivity contribution in [3.05, 3.63) is 36.4 Å². The lowest BCUT2D eigenvalue weighted by Crippen LogP contribution is -2.14. The molecule has 0 atom stereocenters. The monoisotopic (exact) mass is 288 g/mol. The average Bonchev–Trinajstić information content (AvgIpc) is 2.50. The summed E-state index contributed by atoms with van der Waals surface area (Å²) < 4.78 is 9.99. The number of hydrogen-bond acceptors (Lipinski definition) is 6. The number of carbonyl (C=O) groups excluding carboxylic acids is 1. The number of benzene rings is 1. The first-order valence-corrected chi connectivity index (χ1v) is 6.40. The van der Waals surface area contributed by atoms with Crippen molar-refractivity contribution in [2.75, 3.05) is 24.4 Å². The van der Waals surface area contributed by atoms with Gasteiger partial charge in [0.05, 0.1) is 19.4 Å². The van der Waals surface area contributed by atoms with Crippen LogP contribution in [0.3, 0.4) is 0 Å². The lowest BCUT2D eigenvalue weighted by atomic mass is 10.3. The molecule has 110 valence electrons. The number of carbonyl (C=O) groups is 1. The van der Waals surface area contributed by atoms with E-state index in [9.17, 15) is 4.79 Å². The van der Waals surface area contributed by atoms with Crippen LogP contribution in [-0.4, -0.2) is 30.0 Å². The van der Waals surface area contributed by atoms with Gasteiger partial charge in [-0.3, -0.25) is 5.32 Å². The molecule has 0 fully saturated rings. The highest BCUT2D eigenvalue weighted by Gasteiger charge is 2.06. The van der Waals surface area contributed by atoms with Crippen LogP contribution in [0.5, 0.6) is 5.75 Å². The number of rotatable bonds is 5.